The van der Waals surface area contributed by atoms with Gasteiger partial charge in [-0.1, -0.05) is 32.1 Å². The summed E-state index contributed by atoms with van der Waals surface area (Å²) in [6.45, 7) is 4.27. The van der Waals surface area contributed by atoms with E-state index in [4.69, 9.17) is 13.9 Å². The van der Waals surface area contributed by atoms with Gasteiger partial charge >= 0.3 is 11.9 Å². The minimum Gasteiger partial charge on any atom is -0.472 e. The van der Waals surface area contributed by atoms with Crippen LogP contribution in [0.4, 0.5) is 0 Å². The fraction of sp³-hybridized carbons (Fsp3) is 0.500. The Hall–Kier alpha value is -2.30. The average Bonchev–Trinajstić information content (AvgIpc) is 3.17. The molecule has 5 rings (SSSR count). The topological polar surface area (TPSA) is 65.7 Å². The highest BCUT2D eigenvalue weighted by Gasteiger charge is 2.67. The summed E-state index contributed by atoms with van der Waals surface area (Å²) in [5.41, 5.74) is 0.945. The molecule has 2 saturated heterocycles. The lowest BCUT2D eigenvalue weighted by Gasteiger charge is -2.57. The van der Waals surface area contributed by atoms with E-state index in [1.54, 1.807) is 12.5 Å². The van der Waals surface area contributed by atoms with Gasteiger partial charge in [0, 0.05) is 16.6 Å². The van der Waals surface area contributed by atoms with Crippen molar-refractivity contribution < 1.29 is 23.5 Å². The molecule has 0 unspecified atom stereocenters. The maximum absolute atomic E-state index is 12.8. The predicted molar refractivity (Wildman–Crippen MR) is 87.1 cm³/mol. The standard InChI is InChI=1S/C20H20O5/c1-19-9-14(11-6-7-23-10-11)24-18(22)13(19)8-16-20(2)12(17(21)25-16)4-3-5-15(19)20/h3-7,10,13-16H,8-9H2,1-2H3/t13-,14-,15+,16-,19+,20+/m0/s1. The lowest BCUT2D eigenvalue weighted by Crippen LogP contribution is -2.58. The Morgan fingerprint density at radius 3 is 2.80 bits per heavy atom. The zero-order chi connectivity index (χ0) is 17.4. The van der Waals surface area contributed by atoms with Crippen LogP contribution in [-0.4, -0.2) is 18.0 Å². The van der Waals surface area contributed by atoms with E-state index in [2.05, 4.69) is 19.9 Å². The molecule has 2 aliphatic carbocycles. The van der Waals surface area contributed by atoms with Gasteiger partial charge in [-0.25, -0.2) is 4.79 Å². The minimum absolute atomic E-state index is 0.0532. The van der Waals surface area contributed by atoms with Crippen LogP contribution >= 0.6 is 0 Å². The van der Waals surface area contributed by atoms with E-state index in [9.17, 15) is 9.59 Å². The number of cyclic esters (lactones) is 1. The molecule has 5 nitrogen and oxygen atoms in total. The van der Waals surface area contributed by atoms with Crippen molar-refractivity contribution >= 4 is 11.9 Å². The molecule has 25 heavy (non-hydrogen) atoms. The Bertz CT molecular complexity index is 819. The van der Waals surface area contributed by atoms with E-state index < -0.39 is 0 Å². The highest BCUT2D eigenvalue weighted by Crippen LogP contribution is 2.66. The molecule has 4 aliphatic rings. The van der Waals surface area contributed by atoms with Gasteiger partial charge < -0.3 is 13.9 Å². The Balaban J connectivity index is 1.61. The van der Waals surface area contributed by atoms with Crippen LogP contribution < -0.4 is 0 Å². The summed E-state index contributed by atoms with van der Waals surface area (Å²) in [6, 6.07) is 1.85. The molecule has 5 heteroatoms. The monoisotopic (exact) mass is 340 g/mol. The number of rotatable bonds is 1. The van der Waals surface area contributed by atoms with Crippen LogP contribution in [0, 0.1) is 22.7 Å². The molecule has 1 saturated carbocycles. The largest absolute Gasteiger partial charge is 0.472 e. The van der Waals surface area contributed by atoms with E-state index in [0.717, 1.165) is 11.1 Å². The Morgan fingerprint density at radius 2 is 2.04 bits per heavy atom. The first kappa shape index (κ1) is 15.0. The van der Waals surface area contributed by atoms with Crippen LogP contribution in [-0.2, 0) is 19.1 Å². The van der Waals surface area contributed by atoms with E-state index >= 15 is 0 Å². The summed E-state index contributed by atoms with van der Waals surface area (Å²) in [6.07, 6.45) is 9.85. The van der Waals surface area contributed by atoms with E-state index in [-0.39, 0.29) is 46.8 Å². The quantitative estimate of drug-likeness (QED) is 0.734. The molecular weight excluding hydrogens is 320 g/mol. The van der Waals surface area contributed by atoms with Gasteiger partial charge in [-0.3, -0.25) is 4.79 Å². The van der Waals surface area contributed by atoms with Crippen LogP contribution in [0.1, 0.15) is 38.4 Å². The molecule has 0 radical (unpaired) electrons. The number of esters is 2. The molecule has 130 valence electrons. The highest BCUT2D eigenvalue weighted by atomic mass is 16.6. The van der Waals surface area contributed by atoms with Gasteiger partial charge in [0.2, 0.25) is 0 Å². The van der Waals surface area contributed by atoms with Crippen LogP contribution in [0.15, 0.2) is 46.8 Å². The molecular formula is C20H20O5. The number of allylic oxidation sites excluding steroid dienone is 3. The second kappa shape index (κ2) is 4.65. The van der Waals surface area contributed by atoms with Crippen LogP contribution in [0.25, 0.3) is 0 Å². The fourth-order valence-corrected chi connectivity index (χ4v) is 5.63. The minimum atomic E-state index is -0.379. The second-order valence-corrected chi connectivity index (χ2v) is 8.10. The van der Waals surface area contributed by atoms with Gasteiger partial charge in [-0.2, -0.15) is 0 Å². The number of furan rings is 1. The molecule has 0 amide bonds. The lowest BCUT2D eigenvalue weighted by molar-refractivity contribution is -0.195. The maximum atomic E-state index is 12.8. The third kappa shape index (κ3) is 1.73. The first-order valence-electron chi connectivity index (χ1n) is 8.77. The summed E-state index contributed by atoms with van der Waals surface area (Å²) >= 11 is 0. The first-order chi connectivity index (χ1) is 11.9. The number of carbonyl (C=O) groups is 2. The van der Waals surface area contributed by atoms with E-state index in [1.807, 2.05) is 18.2 Å². The van der Waals surface area contributed by atoms with Crippen molar-refractivity contribution in [1.29, 1.82) is 0 Å². The summed E-state index contributed by atoms with van der Waals surface area (Å²) in [5.74, 6) is -0.663. The molecule has 1 aromatic heterocycles. The van der Waals surface area contributed by atoms with Gasteiger partial charge in [0.05, 0.1) is 18.4 Å². The Kier molecular flexibility index (Phi) is 2.79. The average molecular weight is 340 g/mol. The van der Waals surface area contributed by atoms with Crippen molar-refractivity contribution in [2.75, 3.05) is 0 Å². The number of carbonyl (C=O) groups excluding carboxylic acids is 2. The number of fused-ring (bicyclic) bond motifs is 2. The summed E-state index contributed by atoms with van der Waals surface area (Å²) in [7, 11) is 0. The van der Waals surface area contributed by atoms with E-state index in [0.29, 0.717) is 12.8 Å². The molecule has 0 N–H and O–H groups in total. The molecule has 2 aliphatic heterocycles. The summed E-state index contributed by atoms with van der Waals surface area (Å²) in [5, 5.41) is 0. The molecule has 0 aromatic carbocycles. The summed E-state index contributed by atoms with van der Waals surface area (Å²) in [4.78, 5) is 25.2. The molecule has 6 atom stereocenters. The molecule has 3 fully saturated rings. The predicted octanol–water partition coefficient (Wildman–Crippen LogP) is 3.34. The van der Waals surface area contributed by atoms with Crippen molar-refractivity contribution in [3.05, 3.63) is 48.0 Å². The highest BCUT2D eigenvalue weighted by molar-refractivity contribution is 5.94. The first-order valence-corrected chi connectivity index (χ1v) is 8.77. The van der Waals surface area contributed by atoms with Crippen LogP contribution in [0.3, 0.4) is 0 Å². The van der Waals surface area contributed by atoms with Gasteiger partial charge in [0.15, 0.2) is 0 Å². The smallest absolute Gasteiger partial charge is 0.335 e. The molecule has 3 heterocycles. The van der Waals surface area contributed by atoms with Gasteiger partial charge in [-0.05, 0) is 30.2 Å². The van der Waals surface area contributed by atoms with Crippen molar-refractivity contribution in [3.8, 4) is 0 Å². The molecule has 0 spiro atoms. The SMILES string of the molecule is C[C@@]12C[C@@H](c3ccoc3)OC(=O)[C@@H]1C[C@@H]1OC(=O)C3=CC=C[C@H]2[C@@]31C. The third-order valence-electron chi connectivity index (χ3n) is 6.97. The normalized spacial score (nSPS) is 44.5. The fourth-order valence-electron chi connectivity index (χ4n) is 5.63. The third-order valence-corrected chi connectivity index (χ3v) is 6.97. The number of ether oxygens (including phenoxy) is 2. The van der Waals surface area contributed by atoms with Crippen LogP contribution in [0.2, 0.25) is 0 Å². The molecule has 1 aromatic rings. The van der Waals surface area contributed by atoms with Gasteiger partial charge in [-0.15, -0.1) is 0 Å². The second-order valence-electron chi connectivity index (χ2n) is 8.10. The Morgan fingerprint density at radius 1 is 1.20 bits per heavy atom. The zero-order valence-electron chi connectivity index (χ0n) is 14.2. The lowest BCUT2D eigenvalue weighted by atomic mass is 9.46. The van der Waals surface area contributed by atoms with E-state index in [1.165, 1.54) is 0 Å². The van der Waals surface area contributed by atoms with Gasteiger partial charge in [0.25, 0.3) is 0 Å². The maximum Gasteiger partial charge on any atom is 0.335 e. The zero-order valence-corrected chi connectivity index (χ0v) is 14.2. The van der Waals surface area contributed by atoms with Crippen molar-refractivity contribution in [1.82, 2.24) is 0 Å². The number of hydrogen-bond donors (Lipinski definition) is 0. The van der Waals surface area contributed by atoms with Crippen molar-refractivity contribution in [3.63, 3.8) is 0 Å². The summed E-state index contributed by atoms with van der Waals surface area (Å²) < 4.78 is 16.6. The Labute approximate surface area is 145 Å². The van der Waals surface area contributed by atoms with Crippen molar-refractivity contribution in [2.24, 2.45) is 22.7 Å². The number of hydrogen-bond acceptors (Lipinski definition) is 5. The van der Waals surface area contributed by atoms with Gasteiger partial charge in [0.1, 0.15) is 12.2 Å². The van der Waals surface area contributed by atoms with Crippen LogP contribution in [0.5, 0.6) is 0 Å². The van der Waals surface area contributed by atoms with Crippen molar-refractivity contribution in [2.45, 2.75) is 38.9 Å². The molecule has 0 bridgehead atoms.